The van der Waals surface area contributed by atoms with E-state index in [0.717, 1.165) is 36.8 Å². The molecule has 1 saturated heterocycles. The summed E-state index contributed by atoms with van der Waals surface area (Å²) in [6.45, 7) is 8.36. The summed E-state index contributed by atoms with van der Waals surface area (Å²) in [6, 6.07) is 6.24. The van der Waals surface area contributed by atoms with Crippen molar-refractivity contribution in [3.05, 3.63) is 35.7 Å². The first-order valence-electron chi connectivity index (χ1n) is 9.99. The zero-order valence-electron chi connectivity index (χ0n) is 16.9. The average Bonchev–Trinajstić information content (AvgIpc) is 2.90. The molecule has 1 aromatic heterocycles. The van der Waals surface area contributed by atoms with Crippen LogP contribution in [0.2, 0.25) is 0 Å². The molecule has 27 heavy (non-hydrogen) atoms. The molecule has 0 spiro atoms. The third kappa shape index (κ3) is 7.24. The SMILES string of the molecule is CN=C(Cl)/C(CN1CCCCC(NCCC(C)C)C1)=C(\N)c1ccccn1. The van der Waals surface area contributed by atoms with Crippen LogP contribution in [-0.4, -0.2) is 54.3 Å². The van der Waals surface area contributed by atoms with Gasteiger partial charge < -0.3 is 11.1 Å². The van der Waals surface area contributed by atoms with Gasteiger partial charge >= 0.3 is 0 Å². The van der Waals surface area contributed by atoms with Crippen molar-refractivity contribution in [2.75, 3.05) is 33.2 Å². The van der Waals surface area contributed by atoms with Gasteiger partial charge in [-0.15, -0.1) is 0 Å². The van der Waals surface area contributed by atoms with Crippen LogP contribution in [0.1, 0.15) is 45.2 Å². The number of nitrogens with two attached hydrogens (primary N) is 1. The van der Waals surface area contributed by atoms with Gasteiger partial charge in [-0.2, -0.15) is 0 Å². The highest BCUT2D eigenvalue weighted by atomic mass is 35.5. The lowest BCUT2D eigenvalue weighted by molar-refractivity contribution is 0.279. The summed E-state index contributed by atoms with van der Waals surface area (Å²) >= 11 is 6.43. The van der Waals surface area contributed by atoms with Crippen molar-refractivity contribution >= 4 is 22.5 Å². The molecule has 1 unspecified atom stereocenters. The Balaban J connectivity index is 2.11. The monoisotopic (exact) mass is 391 g/mol. The summed E-state index contributed by atoms with van der Waals surface area (Å²) < 4.78 is 0. The lowest BCUT2D eigenvalue weighted by Gasteiger charge is -2.26. The van der Waals surface area contributed by atoms with Crippen LogP contribution in [0.5, 0.6) is 0 Å². The third-order valence-electron chi connectivity index (χ3n) is 5.00. The molecular weight excluding hydrogens is 358 g/mol. The van der Waals surface area contributed by atoms with Gasteiger partial charge in [-0.25, -0.2) is 0 Å². The van der Waals surface area contributed by atoms with Gasteiger partial charge in [-0.1, -0.05) is 37.9 Å². The van der Waals surface area contributed by atoms with E-state index >= 15 is 0 Å². The molecule has 0 bridgehead atoms. The molecule has 1 atom stereocenters. The number of aliphatic imine (C=N–C) groups is 1. The van der Waals surface area contributed by atoms with E-state index in [9.17, 15) is 0 Å². The molecule has 0 aromatic carbocycles. The van der Waals surface area contributed by atoms with Crippen LogP contribution in [0.25, 0.3) is 5.70 Å². The molecule has 3 N–H and O–H groups in total. The van der Waals surface area contributed by atoms with Crippen molar-refractivity contribution in [3.8, 4) is 0 Å². The zero-order chi connectivity index (χ0) is 19.6. The van der Waals surface area contributed by atoms with Gasteiger partial charge in [0.25, 0.3) is 0 Å². The minimum absolute atomic E-state index is 0.465. The highest BCUT2D eigenvalue weighted by molar-refractivity contribution is 6.70. The molecule has 0 aliphatic carbocycles. The quantitative estimate of drug-likeness (QED) is 0.665. The fourth-order valence-corrected chi connectivity index (χ4v) is 3.57. The summed E-state index contributed by atoms with van der Waals surface area (Å²) in [7, 11) is 1.70. The Morgan fingerprint density at radius 2 is 2.22 bits per heavy atom. The highest BCUT2D eigenvalue weighted by Crippen LogP contribution is 2.19. The Labute approximate surface area is 169 Å². The van der Waals surface area contributed by atoms with E-state index in [1.54, 1.807) is 13.2 Å². The predicted molar refractivity (Wildman–Crippen MR) is 116 cm³/mol. The topological polar surface area (TPSA) is 66.5 Å². The van der Waals surface area contributed by atoms with Gasteiger partial charge in [0.2, 0.25) is 0 Å². The molecule has 0 saturated carbocycles. The Morgan fingerprint density at radius 3 is 2.89 bits per heavy atom. The maximum absolute atomic E-state index is 6.43. The molecule has 6 heteroatoms. The van der Waals surface area contributed by atoms with Crippen molar-refractivity contribution in [2.45, 2.75) is 45.6 Å². The van der Waals surface area contributed by atoms with E-state index in [-0.39, 0.29) is 0 Å². The summed E-state index contributed by atoms with van der Waals surface area (Å²) in [6.07, 6.45) is 6.62. The Hall–Kier alpha value is -1.43. The van der Waals surface area contributed by atoms with Crippen LogP contribution in [0.3, 0.4) is 0 Å². The lowest BCUT2D eigenvalue weighted by atomic mass is 10.1. The second-order valence-electron chi connectivity index (χ2n) is 7.69. The zero-order valence-corrected chi connectivity index (χ0v) is 17.7. The first kappa shape index (κ1) is 21.9. The van der Waals surface area contributed by atoms with Crippen LogP contribution in [0.15, 0.2) is 35.0 Å². The number of hydrogen-bond acceptors (Lipinski definition) is 5. The van der Waals surface area contributed by atoms with Crippen molar-refractivity contribution in [1.82, 2.24) is 15.2 Å². The Morgan fingerprint density at radius 1 is 1.41 bits per heavy atom. The van der Waals surface area contributed by atoms with Crippen LogP contribution in [0, 0.1) is 5.92 Å². The molecular formula is C21H34ClN5. The summed E-state index contributed by atoms with van der Waals surface area (Å²) in [4.78, 5) is 11.0. The predicted octanol–water partition coefficient (Wildman–Crippen LogP) is 3.51. The maximum Gasteiger partial charge on any atom is 0.129 e. The number of likely N-dealkylation sites (tertiary alicyclic amines) is 1. The summed E-state index contributed by atoms with van der Waals surface area (Å²) in [5, 5.41) is 4.20. The summed E-state index contributed by atoms with van der Waals surface area (Å²) in [5.41, 5.74) is 8.65. The Kier molecular flexibility index (Phi) is 9.25. The molecule has 1 aliphatic heterocycles. The molecule has 1 aromatic rings. The molecule has 2 heterocycles. The fraction of sp³-hybridized carbons (Fsp3) is 0.619. The van der Waals surface area contributed by atoms with E-state index in [1.165, 1.54) is 25.7 Å². The fourth-order valence-electron chi connectivity index (χ4n) is 3.40. The number of halogens is 1. The number of pyridine rings is 1. The number of hydrogen-bond donors (Lipinski definition) is 2. The molecule has 0 radical (unpaired) electrons. The van der Waals surface area contributed by atoms with E-state index in [1.807, 2.05) is 18.2 Å². The van der Waals surface area contributed by atoms with Crippen LogP contribution < -0.4 is 11.1 Å². The van der Waals surface area contributed by atoms with E-state index in [0.29, 0.717) is 23.5 Å². The van der Waals surface area contributed by atoms with Crippen LogP contribution in [0.4, 0.5) is 0 Å². The normalized spacial score (nSPS) is 20.5. The van der Waals surface area contributed by atoms with Crippen molar-refractivity contribution in [3.63, 3.8) is 0 Å². The summed E-state index contributed by atoms with van der Waals surface area (Å²) in [5.74, 6) is 0.728. The largest absolute Gasteiger partial charge is 0.397 e. The molecule has 150 valence electrons. The number of aromatic nitrogens is 1. The molecule has 2 rings (SSSR count). The second kappa shape index (κ2) is 11.4. The molecule has 5 nitrogen and oxygen atoms in total. The van der Waals surface area contributed by atoms with Gasteiger partial charge in [-0.05, 0) is 50.4 Å². The van der Waals surface area contributed by atoms with E-state index < -0.39 is 0 Å². The van der Waals surface area contributed by atoms with Crippen molar-refractivity contribution in [1.29, 1.82) is 0 Å². The molecule has 1 aliphatic rings. The molecule has 0 amide bonds. The van der Waals surface area contributed by atoms with Crippen molar-refractivity contribution < 1.29 is 0 Å². The van der Waals surface area contributed by atoms with Crippen LogP contribution in [-0.2, 0) is 0 Å². The van der Waals surface area contributed by atoms with Crippen LogP contribution >= 0.6 is 11.6 Å². The van der Waals surface area contributed by atoms with Gasteiger partial charge in [0.15, 0.2) is 0 Å². The minimum Gasteiger partial charge on any atom is -0.397 e. The van der Waals surface area contributed by atoms with Crippen molar-refractivity contribution in [2.24, 2.45) is 16.6 Å². The van der Waals surface area contributed by atoms with Gasteiger partial charge in [0.1, 0.15) is 5.17 Å². The molecule has 1 fully saturated rings. The highest BCUT2D eigenvalue weighted by Gasteiger charge is 2.21. The number of rotatable bonds is 8. The van der Waals surface area contributed by atoms with E-state index in [2.05, 4.69) is 34.0 Å². The smallest absolute Gasteiger partial charge is 0.129 e. The van der Waals surface area contributed by atoms with E-state index in [4.69, 9.17) is 17.3 Å². The standard InChI is InChI=1S/C21H34ClN5/c1-16(2)10-12-25-17-8-5-7-13-27(14-17)15-18(21(22)24-3)20(23)19-9-4-6-11-26-19/h4,6,9,11,16-17,25H,5,7-8,10,12-15,23H2,1-3H3/b20-18-,24-21?. The van der Waals surface area contributed by atoms with Gasteiger partial charge in [0, 0.05) is 37.9 Å². The first-order chi connectivity index (χ1) is 13.0. The average molecular weight is 392 g/mol. The first-order valence-corrected chi connectivity index (χ1v) is 10.4. The lowest BCUT2D eigenvalue weighted by Crippen LogP contribution is -2.41. The van der Waals surface area contributed by atoms with Gasteiger partial charge in [-0.3, -0.25) is 14.9 Å². The van der Waals surface area contributed by atoms with Gasteiger partial charge in [0.05, 0.1) is 11.4 Å². The third-order valence-corrected chi connectivity index (χ3v) is 5.40. The minimum atomic E-state index is 0.465. The Bertz CT molecular complexity index is 627. The number of nitrogens with zero attached hydrogens (tertiary/aromatic N) is 3. The maximum atomic E-state index is 6.43. The number of nitrogens with one attached hydrogen (secondary N) is 1. The second-order valence-corrected chi connectivity index (χ2v) is 8.04.